The molecule has 2 saturated heterocycles. The molecule has 1 aromatic rings. The summed E-state index contributed by atoms with van der Waals surface area (Å²) in [5.41, 5.74) is 1.31. The zero-order valence-electron chi connectivity index (χ0n) is 15.2. The van der Waals surface area contributed by atoms with Gasteiger partial charge in [0.25, 0.3) is 0 Å². The molecule has 0 radical (unpaired) electrons. The molecule has 0 bridgehead atoms. The van der Waals surface area contributed by atoms with Crippen molar-refractivity contribution in [2.24, 2.45) is 0 Å². The van der Waals surface area contributed by atoms with Crippen LogP contribution in [-0.2, 0) is 11.3 Å². The maximum absolute atomic E-state index is 5.41. The second kappa shape index (κ2) is 8.76. The lowest BCUT2D eigenvalue weighted by molar-refractivity contribution is 0.0296. The van der Waals surface area contributed by atoms with Crippen LogP contribution in [0.1, 0.15) is 5.56 Å². The fourth-order valence-corrected chi connectivity index (χ4v) is 3.31. The third-order valence-electron chi connectivity index (χ3n) is 4.97. The van der Waals surface area contributed by atoms with Gasteiger partial charge in [-0.2, -0.15) is 0 Å². The molecular formula is C18H31N5O. The van der Waals surface area contributed by atoms with Gasteiger partial charge in [0, 0.05) is 79.2 Å². The molecule has 2 aliphatic heterocycles. The average Bonchev–Trinajstić information content (AvgIpc) is 2.62. The quantitative estimate of drug-likeness (QED) is 0.758. The lowest BCUT2D eigenvalue weighted by Crippen LogP contribution is -2.49. The first-order valence-electron chi connectivity index (χ1n) is 9.08. The van der Waals surface area contributed by atoms with Crippen LogP contribution in [0.5, 0.6) is 0 Å². The number of pyridine rings is 1. The van der Waals surface area contributed by atoms with E-state index in [1.807, 2.05) is 25.2 Å². The van der Waals surface area contributed by atoms with Crippen LogP contribution in [-0.4, -0.2) is 99.4 Å². The third kappa shape index (κ3) is 5.14. The van der Waals surface area contributed by atoms with E-state index < -0.39 is 0 Å². The van der Waals surface area contributed by atoms with Crippen molar-refractivity contribution in [2.75, 3.05) is 84.6 Å². The number of morpholine rings is 1. The van der Waals surface area contributed by atoms with Gasteiger partial charge in [-0.3, -0.25) is 14.7 Å². The molecule has 2 fully saturated rings. The van der Waals surface area contributed by atoms with Crippen LogP contribution in [0.15, 0.2) is 18.3 Å². The van der Waals surface area contributed by atoms with E-state index in [4.69, 9.17) is 4.74 Å². The lowest BCUT2D eigenvalue weighted by Gasteiger charge is -2.36. The van der Waals surface area contributed by atoms with Gasteiger partial charge in [-0.05, 0) is 11.6 Å². The zero-order valence-corrected chi connectivity index (χ0v) is 15.2. The standard InChI is InChI=1S/C18H31N5O/c1-20(2)18-4-3-17(15-19-18)16-23-9-7-21(8-10-23)5-6-22-11-13-24-14-12-22/h3-4,15H,5-14,16H2,1-2H3. The molecule has 0 amide bonds. The van der Waals surface area contributed by atoms with Crippen molar-refractivity contribution in [3.8, 4) is 0 Å². The van der Waals surface area contributed by atoms with Crippen LogP contribution >= 0.6 is 0 Å². The molecular weight excluding hydrogens is 302 g/mol. The first-order valence-corrected chi connectivity index (χ1v) is 9.08. The summed E-state index contributed by atoms with van der Waals surface area (Å²) >= 11 is 0. The molecule has 0 spiro atoms. The Labute approximate surface area is 146 Å². The van der Waals surface area contributed by atoms with Crippen LogP contribution in [0.2, 0.25) is 0 Å². The van der Waals surface area contributed by atoms with Crippen molar-refractivity contribution in [3.63, 3.8) is 0 Å². The molecule has 0 atom stereocenters. The molecule has 0 N–H and O–H groups in total. The molecule has 0 unspecified atom stereocenters. The molecule has 3 rings (SSSR count). The molecule has 24 heavy (non-hydrogen) atoms. The van der Waals surface area contributed by atoms with Crippen LogP contribution in [0.3, 0.4) is 0 Å². The first-order chi connectivity index (χ1) is 11.7. The number of aromatic nitrogens is 1. The number of anilines is 1. The molecule has 134 valence electrons. The molecule has 6 nitrogen and oxygen atoms in total. The Morgan fingerprint density at radius 2 is 1.54 bits per heavy atom. The summed E-state index contributed by atoms with van der Waals surface area (Å²) in [4.78, 5) is 14.2. The maximum atomic E-state index is 5.41. The molecule has 3 heterocycles. The van der Waals surface area contributed by atoms with E-state index >= 15 is 0 Å². The number of rotatable bonds is 6. The average molecular weight is 333 g/mol. The number of ether oxygens (including phenoxy) is 1. The van der Waals surface area contributed by atoms with Crippen molar-refractivity contribution in [1.82, 2.24) is 19.7 Å². The summed E-state index contributed by atoms with van der Waals surface area (Å²) in [5, 5.41) is 0. The molecule has 0 aliphatic carbocycles. The van der Waals surface area contributed by atoms with E-state index in [-0.39, 0.29) is 0 Å². The summed E-state index contributed by atoms with van der Waals surface area (Å²) in [5.74, 6) is 1.02. The first kappa shape index (κ1) is 17.6. The number of piperazine rings is 1. The van der Waals surface area contributed by atoms with Gasteiger partial charge in [-0.25, -0.2) is 4.98 Å². The van der Waals surface area contributed by atoms with E-state index in [9.17, 15) is 0 Å². The monoisotopic (exact) mass is 333 g/mol. The highest BCUT2D eigenvalue weighted by atomic mass is 16.5. The smallest absolute Gasteiger partial charge is 0.127 e. The topological polar surface area (TPSA) is 35.1 Å². The second-order valence-electron chi connectivity index (χ2n) is 6.99. The van der Waals surface area contributed by atoms with Gasteiger partial charge in [-0.1, -0.05) is 6.07 Å². The Bertz CT molecular complexity index is 479. The fraction of sp³-hybridized carbons (Fsp3) is 0.722. The highest BCUT2D eigenvalue weighted by Gasteiger charge is 2.18. The fourth-order valence-electron chi connectivity index (χ4n) is 3.31. The summed E-state index contributed by atoms with van der Waals surface area (Å²) in [7, 11) is 4.05. The predicted molar refractivity (Wildman–Crippen MR) is 97.5 cm³/mol. The van der Waals surface area contributed by atoms with Crippen molar-refractivity contribution >= 4 is 5.82 Å². The summed E-state index contributed by atoms with van der Waals surface area (Å²) in [6.45, 7) is 12.0. The Kier molecular flexibility index (Phi) is 6.43. The van der Waals surface area contributed by atoms with Gasteiger partial charge in [0.05, 0.1) is 13.2 Å². The van der Waals surface area contributed by atoms with E-state index in [1.165, 1.54) is 31.7 Å². The van der Waals surface area contributed by atoms with Gasteiger partial charge in [-0.15, -0.1) is 0 Å². The van der Waals surface area contributed by atoms with Crippen LogP contribution in [0.4, 0.5) is 5.82 Å². The molecule has 6 heteroatoms. The van der Waals surface area contributed by atoms with Crippen LogP contribution in [0, 0.1) is 0 Å². The van der Waals surface area contributed by atoms with Crippen molar-refractivity contribution in [3.05, 3.63) is 23.9 Å². The maximum Gasteiger partial charge on any atom is 0.127 e. The Balaban J connectivity index is 1.37. The van der Waals surface area contributed by atoms with Crippen molar-refractivity contribution < 1.29 is 4.74 Å². The van der Waals surface area contributed by atoms with E-state index in [1.54, 1.807) is 0 Å². The Morgan fingerprint density at radius 3 is 2.12 bits per heavy atom. The van der Waals surface area contributed by atoms with E-state index in [0.29, 0.717) is 0 Å². The largest absolute Gasteiger partial charge is 0.379 e. The highest BCUT2D eigenvalue weighted by Crippen LogP contribution is 2.11. The summed E-state index contributed by atoms with van der Waals surface area (Å²) in [6.07, 6.45) is 2.01. The van der Waals surface area contributed by atoms with Crippen molar-refractivity contribution in [2.45, 2.75) is 6.54 Å². The Hall–Kier alpha value is -1.21. The summed E-state index contributed by atoms with van der Waals surface area (Å²) < 4.78 is 5.41. The third-order valence-corrected chi connectivity index (χ3v) is 4.97. The number of nitrogens with zero attached hydrogens (tertiary/aromatic N) is 5. The van der Waals surface area contributed by atoms with Crippen LogP contribution in [0.25, 0.3) is 0 Å². The van der Waals surface area contributed by atoms with E-state index in [2.05, 4.69) is 31.8 Å². The molecule has 2 aliphatic rings. The summed E-state index contributed by atoms with van der Waals surface area (Å²) in [6, 6.07) is 4.31. The minimum Gasteiger partial charge on any atom is -0.379 e. The number of hydrogen-bond donors (Lipinski definition) is 0. The molecule has 0 aromatic carbocycles. The predicted octanol–water partition coefficient (Wildman–Crippen LogP) is 0.597. The normalized spacial score (nSPS) is 21.1. The minimum absolute atomic E-state index is 0.897. The lowest BCUT2D eigenvalue weighted by atomic mass is 10.2. The van der Waals surface area contributed by atoms with Gasteiger partial charge in [0.15, 0.2) is 0 Å². The van der Waals surface area contributed by atoms with Gasteiger partial charge < -0.3 is 9.64 Å². The van der Waals surface area contributed by atoms with Gasteiger partial charge in [0.2, 0.25) is 0 Å². The molecule has 1 aromatic heterocycles. The highest BCUT2D eigenvalue weighted by molar-refractivity contribution is 5.37. The van der Waals surface area contributed by atoms with Crippen LogP contribution < -0.4 is 4.90 Å². The second-order valence-corrected chi connectivity index (χ2v) is 6.99. The van der Waals surface area contributed by atoms with Gasteiger partial charge in [0.1, 0.15) is 5.82 Å². The Morgan fingerprint density at radius 1 is 0.917 bits per heavy atom. The van der Waals surface area contributed by atoms with Crippen molar-refractivity contribution in [1.29, 1.82) is 0 Å². The minimum atomic E-state index is 0.897. The number of hydrogen-bond acceptors (Lipinski definition) is 6. The SMILES string of the molecule is CN(C)c1ccc(CN2CCN(CCN3CCOCC3)CC2)cn1. The van der Waals surface area contributed by atoms with Gasteiger partial charge >= 0.3 is 0 Å². The molecule has 0 saturated carbocycles. The van der Waals surface area contributed by atoms with E-state index in [0.717, 1.165) is 51.8 Å². The zero-order chi connectivity index (χ0) is 16.8.